The van der Waals surface area contributed by atoms with E-state index in [1.165, 1.54) is 0 Å². The van der Waals surface area contributed by atoms with E-state index in [0.29, 0.717) is 26.2 Å². The number of rotatable bonds is 3. The van der Waals surface area contributed by atoms with Crippen LogP contribution in [0.4, 0.5) is 4.79 Å². The van der Waals surface area contributed by atoms with Gasteiger partial charge in [-0.15, -0.1) is 0 Å². The molecule has 7 nitrogen and oxygen atoms in total. The molecule has 0 spiro atoms. The fraction of sp³-hybridized carbons (Fsp3) is 0.500. The van der Waals surface area contributed by atoms with Crippen LogP contribution in [0.2, 0.25) is 0 Å². The van der Waals surface area contributed by atoms with Gasteiger partial charge < -0.3 is 14.5 Å². The van der Waals surface area contributed by atoms with Gasteiger partial charge in [0.2, 0.25) is 0 Å². The number of ether oxygens (including phenoxy) is 1. The molecule has 1 saturated heterocycles. The highest BCUT2D eigenvalue weighted by molar-refractivity contribution is 5.74. The third-order valence-electron chi connectivity index (χ3n) is 4.84. The SMILES string of the molecule is O=C(N1CCCC1)N1Cc2ccnn2CC(OCc2ccncc2)C1. The van der Waals surface area contributed by atoms with Crippen molar-refractivity contribution in [3.63, 3.8) is 0 Å². The first-order chi connectivity index (χ1) is 12.3. The van der Waals surface area contributed by atoms with Crippen LogP contribution in [0.1, 0.15) is 24.1 Å². The lowest BCUT2D eigenvalue weighted by Gasteiger charge is -2.28. The molecule has 0 radical (unpaired) electrons. The van der Waals surface area contributed by atoms with Crippen LogP contribution < -0.4 is 0 Å². The second-order valence-corrected chi connectivity index (χ2v) is 6.65. The Morgan fingerprint density at radius 2 is 1.88 bits per heavy atom. The van der Waals surface area contributed by atoms with Gasteiger partial charge in [-0.25, -0.2) is 4.79 Å². The van der Waals surface area contributed by atoms with Crippen LogP contribution >= 0.6 is 0 Å². The molecule has 132 valence electrons. The van der Waals surface area contributed by atoms with Gasteiger partial charge in [0.05, 0.1) is 38.0 Å². The van der Waals surface area contributed by atoms with Crippen LogP contribution in [0.3, 0.4) is 0 Å². The van der Waals surface area contributed by atoms with E-state index in [4.69, 9.17) is 4.74 Å². The van der Waals surface area contributed by atoms with Crippen molar-refractivity contribution in [1.29, 1.82) is 0 Å². The van der Waals surface area contributed by atoms with Gasteiger partial charge in [0.25, 0.3) is 0 Å². The molecular weight excluding hydrogens is 318 g/mol. The molecule has 25 heavy (non-hydrogen) atoms. The normalized spacial score (nSPS) is 20.4. The Kier molecular flexibility index (Phi) is 4.65. The van der Waals surface area contributed by atoms with Crippen LogP contribution in [-0.2, 0) is 24.4 Å². The largest absolute Gasteiger partial charge is 0.370 e. The first-order valence-corrected chi connectivity index (χ1v) is 8.84. The van der Waals surface area contributed by atoms with E-state index in [1.54, 1.807) is 18.6 Å². The van der Waals surface area contributed by atoms with Crippen molar-refractivity contribution in [3.05, 3.63) is 48.0 Å². The molecule has 1 unspecified atom stereocenters. The fourth-order valence-electron chi connectivity index (χ4n) is 3.47. The van der Waals surface area contributed by atoms with Crippen molar-refractivity contribution in [2.75, 3.05) is 19.6 Å². The van der Waals surface area contributed by atoms with E-state index in [0.717, 1.165) is 37.2 Å². The molecule has 0 bridgehead atoms. The number of hydrogen-bond donors (Lipinski definition) is 0. The van der Waals surface area contributed by atoms with Crippen LogP contribution in [0.15, 0.2) is 36.8 Å². The molecule has 2 aliphatic heterocycles. The number of pyridine rings is 1. The average Bonchev–Trinajstić information content (AvgIpc) is 3.29. The number of likely N-dealkylation sites (tertiary alicyclic amines) is 1. The number of aromatic nitrogens is 3. The molecule has 0 N–H and O–H groups in total. The number of urea groups is 1. The Morgan fingerprint density at radius 1 is 1.08 bits per heavy atom. The quantitative estimate of drug-likeness (QED) is 0.855. The molecule has 0 aromatic carbocycles. The monoisotopic (exact) mass is 341 g/mol. The molecular formula is C18H23N5O2. The molecule has 1 atom stereocenters. The van der Waals surface area contributed by atoms with Gasteiger partial charge in [-0.3, -0.25) is 9.67 Å². The summed E-state index contributed by atoms with van der Waals surface area (Å²) in [5, 5.41) is 4.39. The summed E-state index contributed by atoms with van der Waals surface area (Å²) in [7, 11) is 0. The van der Waals surface area contributed by atoms with E-state index in [2.05, 4.69) is 10.1 Å². The van der Waals surface area contributed by atoms with Crippen molar-refractivity contribution >= 4 is 6.03 Å². The van der Waals surface area contributed by atoms with Crippen LogP contribution in [0.25, 0.3) is 0 Å². The zero-order valence-electron chi connectivity index (χ0n) is 14.3. The Balaban J connectivity index is 1.48. The third-order valence-corrected chi connectivity index (χ3v) is 4.84. The lowest BCUT2D eigenvalue weighted by Crippen LogP contribution is -2.44. The minimum atomic E-state index is -0.0825. The number of carbonyl (C=O) groups excluding carboxylic acids is 1. The predicted octanol–water partition coefficient (Wildman–Crippen LogP) is 1.89. The summed E-state index contributed by atoms with van der Waals surface area (Å²) in [4.78, 5) is 20.7. The maximum atomic E-state index is 12.9. The van der Waals surface area contributed by atoms with Crippen LogP contribution in [-0.4, -0.2) is 56.3 Å². The van der Waals surface area contributed by atoms with Crippen LogP contribution in [0, 0.1) is 0 Å². The van der Waals surface area contributed by atoms with Crippen molar-refractivity contribution in [1.82, 2.24) is 24.6 Å². The molecule has 2 aliphatic rings. The van der Waals surface area contributed by atoms with Crippen molar-refractivity contribution in [2.45, 2.75) is 38.6 Å². The number of carbonyl (C=O) groups is 1. The Labute approximate surface area is 147 Å². The van der Waals surface area contributed by atoms with E-state index in [1.807, 2.05) is 32.7 Å². The van der Waals surface area contributed by atoms with E-state index in [-0.39, 0.29) is 12.1 Å². The predicted molar refractivity (Wildman–Crippen MR) is 91.7 cm³/mol. The Morgan fingerprint density at radius 3 is 2.68 bits per heavy atom. The molecule has 2 amide bonds. The summed E-state index contributed by atoms with van der Waals surface area (Å²) in [5.41, 5.74) is 2.14. The van der Waals surface area contributed by atoms with Crippen molar-refractivity contribution in [3.8, 4) is 0 Å². The van der Waals surface area contributed by atoms with Gasteiger partial charge in [-0.2, -0.15) is 5.10 Å². The summed E-state index contributed by atoms with van der Waals surface area (Å²) in [5.74, 6) is 0. The number of amides is 2. The summed E-state index contributed by atoms with van der Waals surface area (Å²) in [6.45, 7) is 4.06. The lowest BCUT2D eigenvalue weighted by molar-refractivity contribution is 0.0125. The van der Waals surface area contributed by atoms with Crippen molar-refractivity contribution in [2.24, 2.45) is 0 Å². The van der Waals surface area contributed by atoms with Gasteiger partial charge in [0.1, 0.15) is 0 Å². The topological polar surface area (TPSA) is 63.5 Å². The highest BCUT2D eigenvalue weighted by Crippen LogP contribution is 2.18. The minimum Gasteiger partial charge on any atom is -0.370 e. The van der Waals surface area contributed by atoms with Crippen molar-refractivity contribution < 1.29 is 9.53 Å². The van der Waals surface area contributed by atoms with Gasteiger partial charge in [0, 0.05) is 31.7 Å². The molecule has 1 fully saturated rings. The van der Waals surface area contributed by atoms with E-state index >= 15 is 0 Å². The zero-order chi connectivity index (χ0) is 17.1. The second kappa shape index (κ2) is 7.23. The number of fused-ring (bicyclic) bond motifs is 1. The standard InChI is InChI=1S/C18H23N5O2/c24-18(21-9-1-2-10-21)22-11-16-5-8-20-23(16)13-17(12-22)25-14-15-3-6-19-7-4-15/h3-8,17H,1-2,9-14H2. The second-order valence-electron chi connectivity index (χ2n) is 6.65. The zero-order valence-corrected chi connectivity index (χ0v) is 14.3. The van der Waals surface area contributed by atoms with Gasteiger partial charge in [-0.05, 0) is 36.6 Å². The summed E-state index contributed by atoms with van der Waals surface area (Å²) in [6.07, 6.45) is 7.43. The van der Waals surface area contributed by atoms with Gasteiger partial charge in [-0.1, -0.05) is 0 Å². The van der Waals surface area contributed by atoms with Gasteiger partial charge in [0.15, 0.2) is 0 Å². The Hall–Kier alpha value is -2.41. The molecule has 0 saturated carbocycles. The molecule has 2 aromatic heterocycles. The summed E-state index contributed by atoms with van der Waals surface area (Å²) >= 11 is 0. The summed E-state index contributed by atoms with van der Waals surface area (Å²) in [6, 6.07) is 5.99. The average molecular weight is 341 g/mol. The first-order valence-electron chi connectivity index (χ1n) is 8.84. The van der Waals surface area contributed by atoms with Gasteiger partial charge >= 0.3 is 6.03 Å². The maximum Gasteiger partial charge on any atom is 0.320 e. The Bertz CT molecular complexity index is 711. The van der Waals surface area contributed by atoms with E-state index in [9.17, 15) is 4.79 Å². The molecule has 0 aliphatic carbocycles. The highest BCUT2D eigenvalue weighted by Gasteiger charge is 2.30. The molecule has 7 heteroatoms. The van der Waals surface area contributed by atoms with Crippen LogP contribution in [0.5, 0.6) is 0 Å². The van der Waals surface area contributed by atoms with E-state index < -0.39 is 0 Å². The number of hydrogen-bond acceptors (Lipinski definition) is 4. The molecule has 4 rings (SSSR count). The molecule has 2 aromatic rings. The fourth-order valence-corrected chi connectivity index (χ4v) is 3.47. The summed E-state index contributed by atoms with van der Waals surface area (Å²) < 4.78 is 8.07. The molecule has 4 heterocycles. The minimum absolute atomic E-state index is 0.0825. The first kappa shape index (κ1) is 16.1. The maximum absolute atomic E-state index is 12.9. The number of nitrogens with zero attached hydrogens (tertiary/aromatic N) is 5. The third kappa shape index (κ3) is 3.66. The highest BCUT2D eigenvalue weighted by atomic mass is 16.5. The smallest absolute Gasteiger partial charge is 0.320 e. The lowest BCUT2D eigenvalue weighted by atomic mass is 10.3.